The number of ether oxygens (including phenoxy) is 1. The minimum absolute atomic E-state index is 0.152. The predicted octanol–water partition coefficient (Wildman–Crippen LogP) is 3.94. The van der Waals surface area contributed by atoms with Gasteiger partial charge >= 0.3 is 5.97 Å². The van der Waals surface area contributed by atoms with E-state index in [2.05, 4.69) is 34.5 Å². The standard InChI is InChI=1S/C29H32N6O4/c1-4-39-29(38)22-9-11-23(12-10-22)35(26(36)19-34-25-8-6-5-7-24(25)32-33-34)27(21-14-16-30-17-15-21)28(37)31-18-13-20(2)3/h5-12,14-17,20,27H,4,13,18-19H2,1-3H3,(H,31,37)/t27-/m0/s1. The maximum absolute atomic E-state index is 14.0. The molecule has 2 aromatic heterocycles. The fourth-order valence-corrected chi connectivity index (χ4v) is 4.19. The van der Waals surface area contributed by atoms with Crippen LogP contribution in [0.4, 0.5) is 5.69 Å². The van der Waals surface area contributed by atoms with Gasteiger partial charge in [-0.25, -0.2) is 9.48 Å². The van der Waals surface area contributed by atoms with Crippen LogP contribution in [0.15, 0.2) is 73.1 Å². The molecule has 39 heavy (non-hydrogen) atoms. The van der Waals surface area contributed by atoms with Crippen molar-refractivity contribution >= 4 is 34.5 Å². The van der Waals surface area contributed by atoms with E-state index in [1.165, 1.54) is 9.58 Å². The highest BCUT2D eigenvalue weighted by Gasteiger charge is 2.33. The van der Waals surface area contributed by atoms with Gasteiger partial charge in [0, 0.05) is 24.6 Å². The Labute approximate surface area is 227 Å². The summed E-state index contributed by atoms with van der Waals surface area (Å²) in [5.41, 5.74) is 2.74. The molecule has 202 valence electrons. The van der Waals surface area contributed by atoms with Gasteiger partial charge in [-0.05, 0) is 73.4 Å². The van der Waals surface area contributed by atoms with Crippen LogP contribution in [0, 0.1) is 5.92 Å². The lowest BCUT2D eigenvalue weighted by Gasteiger charge is -2.31. The van der Waals surface area contributed by atoms with Gasteiger partial charge in [-0.3, -0.25) is 19.5 Å². The number of carbonyl (C=O) groups is 3. The molecular weight excluding hydrogens is 496 g/mol. The van der Waals surface area contributed by atoms with E-state index in [0.717, 1.165) is 6.42 Å². The van der Waals surface area contributed by atoms with Crippen LogP contribution in [0.3, 0.4) is 0 Å². The maximum atomic E-state index is 14.0. The highest BCUT2D eigenvalue weighted by Crippen LogP contribution is 2.29. The molecule has 1 N–H and O–H groups in total. The van der Waals surface area contributed by atoms with Crippen LogP contribution >= 0.6 is 0 Å². The van der Waals surface area contributed by atoms with Crippen molar-refractivity contribution in [3.63, 3.8) is 0 Å². The molecule has 0 aliphatic rings. The van der Waals surface area contributed by atoms with Gasteiger partial charge in [0.15, 0.2) is 0 Å². The van der Waals surface area contributed by atoms with E-state index < -0.39 is 12.0 Å². The number of hydrogen-bond donors (Lipinski definition) is 1. The average molecular weight is 529 g/mol. The van der Waals surface area contributed by atoms with Gasteiger partial charge in [0.1, 0.15) is 18.1 Å². The Hall–Kier alpha value is -4.60. The molecule has 10 nitrogen and oxygen atoms in total. The molecule has 0 fully saturated rings. The van der Waals surface area contributed by atoms with E-state index in [1.807, 2.05) is 24.3 Å². The smallest absolute Gasteiger partial charge is 0.338 e. The topological polar surface area (TPSA) is 119 Å². The van der Waals surface area contributed by atoms with E-state index in [4.69, 9.17) is 4.74 Å². The SMILES string of the molecule is CCOC(=O)c1ccc(N(C(=O)Cn2nnc3ccccc32)[C@H](C(=O)NCCC(C)C)c2ccncc2)cc1. The molecule has 0 saturated heterocycles. The lowest BCUT2D eigenvalue weighted by molar-refractivity contribution is -0.127. The monoisotopic (exact) mass is 528 g/mol. The minimum atomic E-state index is -0.990. The number of para-hydroxylation sites is 1. The highest BCUT2D eigenvalue weighted by atomic mass is 16.5. The molecule has 0 unspecified atom stereocenters. The Balaban J connectivity index is 1.75. The molecule has 0 aliphatic heterocycles. The zero-order valence-electron chi connectivity index (χ0n) is 22.3. The number of fused-ring (bicyclic) bond motifs is 1. The lowest BCUT2D eigenvalue weighted by Crippen LogP contribution is -2.45. The molecular formula is C29H32N6O4. The van der Waals surface area contributed by atoms with Crippen molar-refractivity contribution in [2.75, 3.05) is 18.1 Å². The van der Waals surface area contributed by atoms with Gasteiger partial charge < -0.3 is 10.1 Å². The molecule has 0 bridgehead atoms. The van der Waals surface area contributed by atoms with E-state index in [0.29, 0.717) is 40.3 Å². The second-order valence-corrected chi connectivity index (χ2v) is 9.42. The Morgan fingerprint density at radius 3 is 2.41 bits per heavy atom. The van der Waals surface area contributed by atoms with Gasteiger partial charge in [0.2, 0.25) is 11.8 Å². The number of amides is 2. The third kappa shape index (κ3) is 6.64. The number of benzene rings is 2. The predicted molar refractivity (Wildman–Crippen MR) is 147 cm³/mol. The first-order valence-electron chi connectivity index (χ1n) is 12.9. The normalized spacial score (nSPS) is 11.8. The summed E-state index contributed by atoms with van der Waals surface area (Å²) >= 11 is 0. The Morgan fingerprint density at radius 2 is 1.72 bits per heavy atom. The number of esters is 1. The van der Waals surface area contributed by atoms with Crippen molar-refractivity contribution in [1.82, 2.24) is 25.3 Å². The first kappa shape index (κ1) is 27.4. The van der Waals surface area contributed by atoms with Gasteiger partial charge in [-0.15, -0.1) is 5.10 Å². The van der Waals surface area contributed by atoms with Gasteiger partial charge in [-0.2, -0.15) is 0 Å². The summed E-state index contributed by atoms with van der Waals surface area (Å²) in [4.78, 5) is 45.5. The van der Waals surface area contributed by atoms with E-state index >= 15 is 0 Å². The number of rotatable bonds is 11. The maximum Gasteiger partial charge on any atom is 0.338 e. The second-order valence-electron chi connectivity index (χ2n) is 9.42. The highest BCUT2D eigenvalue weighted by molar-refractivity contribution is 6.02. The number of nitrogens with one attached hydrogen (secondary N) is 1. The number of hydrogen-bond acceptors (Lipinski definition) is 7. The largest absolute Gasteiger partial charge is 0.462 e. The van der Waals surface area contributed by atoms with Crippen molar-refractivity contribution in [2.24, 2.45) is 5.92 Å². The number of anilines is 1. The minimum Gasteiger partial charge on any atom is -0.462 e. The molecule has 2 heterocycles. The number of aromatic nitrogens is 4. The summed E-state index contributed by atoms with van der Waals surface area (Å²) in [6.07, 6.45) is 3.96. The number of carbonyl (C=O) groups excluding carboxylic acids is 3. The van der Waals surface area contributed by atoms with Crippen molar-refractivity contribution < 1.29 is 19.1 Å². The Bertz CT molecular complexity index is 1420. The summed E-state index contributed by atoms with van der Waals surface area (Å²) < 4.78 is 6.61. The molecule has 4 rings (SSSR count). The third-order valence-corrected chi connectivity index (χ3v) is 6.18. The van der Waals surface area contributed by atoms with Gasteiger partial charge in [-0.1, -0.05) is 31.2 Å². The Morgan fingerprint density at radius 1 is 1.00 bits per heavy atom. The molecule has 2 amide bonds. The lowest BCUT2D eigenvalue weighted by atomic mass is 10.0. The fourth-order valence-electron chi connectivity index (χ4n) is 4.19. The first-order valence-corrected chi connectivity index (χ1v) is 12.9. The Kier molecular flexibility index (Phi) is 8.98. The molecule has 0 aliphatic carbocycles. The van der Waals surface area contributed by atoms with Crippen molar-refractivity contribution in [1.29, 1.82) is 0 Å². The van der Waals surface area contributed by atoms with Crippen LogP contribution in [0.5, 0.6) is 0 Å². The van der Waals surface area contributed by atoms with Gasteiger partial charge in [0.05, 0.1) is 17.7 Å². The molecule has 10 heteroatoms. The summed E-state index contributed by atoms with van der Waals surface area (Å²) in [5, 5.41) is 11.3. The van der Waals surface area contributed by atoms with Crippen LogP contribution in [0.25, 0.3) is 11.0 Å². The van der Waals surface area contributed by atoms with Crippen LogP contribution < -0.4 is 10.2 Å². The van der Waals surface area contributed by atoms with Crippen LogP contribution in [0.1, 0.15) is 49.2 Å². The van der Waals surface area contributed by atoms with Crippen molar-refractivity contribution in [2.45, 2.75) is 39.8 Å². The molecule has 0 spiro atoms. The molecule has 0 saturated carbocycles. The van der Waals surface area contributed by atoms with Crippen molar-refractivity contribution in [3.05, 3.63) is 84.2 Å². The summed E-state index contributed by atoms with van der Waals surface area (Å²) in [6.45, 7) is 6.46. The number of nitrogens with zero attached hydrogens (tertiary/aromatic N) is 5. The van der Waals surface area contributed by atoms with E-state index in [1.54, 1.807) is 55.7 Å². The van der Waals surface area contributed by atoms with Crippen LogP contribution in [-0.4, -0.2) is 50.9 Å². The third-order valence-electron chi connectivity index (χ3n) is 6.18. The zero-order valence-corrected chi connectivity index (χ0v) is 22.3. The first-order chi connectivity index (χ1) is 18.9. The molecule has 0 radical (unpaired) electrons. The number of pyridine rings is 1. The van der Waals surface area contributed by atoms with Crippen LogP contribution in [0.2, 0.25) is 0 Å². The summed E-state index contributed by atoms with van der Waals surface area (Å²) in [5.74, 6) is -0.768. The quantitative estimate of drug-likeness (QED) is 0.293. The second kappa shape index (κ2) is 12.8. The molecule has 1 atom stereocenters. The molecule has 4 aromatic rings. The molecule has 2 aromatic carbocycles. The fraction of sp³-hybridized carbons (Fsp3) is 0.310. The zero-order chi connectivity index (χ0) is 27.8. The van der Waals surface area contributed by atoms with E-state index in [9.17, 15) is 14.4 Å². The van der Waals surface area contributed by atoms with Gasteiger partial charge in [0.25, 0.3) is 0 Å². The van der Waals surface area contributed by atoms with Crippen LogP contribution in [-0.2, 0) is 20.9 Å². The van der Waals surface area contributed by atoms with Crippen molar-refractivity contribution in [3.8, 4) is 0 Å². The van der Waals surface area contributed by atoms with E-state index in [-0.39, 0.29) is 25.0 Å². The summed E-state index contributed by atoms with van der Waals surface area (Å²) in [6, 6.07) is 16.2. The average Bonchev–Trinajstić information content (AvgIpc) is 3.34. The summed E-state index contributed by atoms with van der Waals surface area (Å²) in [7, 11) is 0.